The Kier molecular flexibility index (Phi) is 4.84. The molecule has 0 unspecified atom stereocenters. The van der Waals surface area contributed by atoms with Crippen LogP contribution in [-0.4, -0.2) is 5.78 Å². The summed E-state index contributed by atoms with van der Waals surface area (Å²) in [4.78, 5) is 12.2. The Morgan fingerprint density at radius 2 is 1.68 bits per heavy atom. The van der Waals surface area contributed by atoms with Gasteiger partial charge in [0.1, 0.15) is 5.03 Å². The third kappa shape index (κ3) is 3.52. The van der Waals surface area contributed by atoms with Crippen molar-refractivity contribution >= 4 is 45.7 Å². The smallest absolute Gasteiger partial charge is 0.176 e. The molecule has 22 heavy (non-hydrogen) atoms. The van der Waals surface area contributed by atoms with E-state index in [4.69, 9.17) is 11.6 Å². The minimum absolute atomic E-state index is 0.00906. The van der Waals surface area contributed by atoms with Crippen LogP contribution in [0, 0.1) is 3.57 Å². The predicted molar refractivity (Wildman–Crippen MR) is 99.1 cm³/mol. The monoisotopic (exact) mass is 423 g/mol. The highest BCUT2D eigenvalue weighted by atomic mass is 127. The minimum atomic E-state index is 0.00906. The second-order valence-electron chi connectivity index (χ2n) is 5.36. The summed E-state index contributed by atoms with van der Waals surface area (Å²) in [6.45, 7) is 0. The van der Waals surface area contributed by atoms with Crippen molar-refractivity contribution in [2.45, 2.75) is 18.8 Å². The molecule has 2 nitrogen and oxygen atoms in total. The molecule has 1 aliphatic rings. The summed E-state index contributed by atoms with van der Waals surface area (Å²) in [6, 6.07) is 18.2. The molecule has 0 radical (unpaired) electrons. The molecule has 0 aliphatic heterocycles. The van der Waals surface area contributed by atoms with Gasteiger partial charge in [-0.25, -0.2) is 0 Å². The van der Waals surface area contributed by atoms with Crippen molar-refractivity contribution in [3.63, 3.8) is 0 Å². The van der Waals surface area contributed by atoms with Crippen molar-refractivity contribution < 1.29 is 4.79 Å². The number of carbonyl (C=O) groups excluding carboxylic acids is 1. The minimum Gasteiger partial charge on any atom is -0.358 e. The number of carbonyl (C=O) groups is 1. The molecule has 1 aliphatic carbocycles. The normalized spacial score (nSPS) is 18.5. The molecule has 0 bridgehead atoms. The van der Waals surface area contributed by atoms with E-state index in [2.05, 4.69) is 40.0 Å². The summed E-state index contributed by atoms with van der Waals surface area (Å²) in [6.07, 6.45) is 1.22. The van der Waals surface area contributed by atoms with Crippen LogP contribution < -0.4 is 5.32 Å². The van der Waals surface area contributed by atoms with Crippen LogP contribution in [0.3, 0.4) is 0 Å². The molecule has 0 aromatic heterocycles. The molecule has 1 atom stereocenters. The SMILES string of the molecule is O=C1C[C@H](c2ccccc2)CC(Nc2ccc(I)cc2)=C1Cl. The summed E-state index contributed by atoms with van der Waals surface area (Å²) >= 11 is 8.50. The lowest BCUT2D eigenvalue weighted by atomic mass is 9.85. The Morgan fingerprint density at radius 1 is 1.00 bits per heavy atom. The first kappa shape index (κ1) is 15.6. The topological polar surface area (TPSA) is 29.1 Å². The molecular weight excluding hydrogens is 409 g/mol. The molecule has 3 rings (SSSR count). The second kappa shape index (κ2) is 6.84. The molecule has 0 saturated carbocycles. The highest BCUT2D eigenvalue weighted by Crippen LogP contribution is 2.36. The van der Waals surface area contributed by atoms with Crippen molar-refractivity contribution in [2.75, 3.05) is 5.32 Å². The standard InChI is InChI=1S/C18H15ClINO/c19-18-16(21-15-8-6-14(20)7-9-15)10-13(11-17(18)22)12-4-2-1-3-5-12/h1-9,13,21H,10-11H2/t13-/m1/s1. The molecule has 0 saturated heterocycles. The fourth-order valence-corrected chi connectivity index (χ4v) is 3.23. The summed E-state index contributed by atoms with van der Waals surface area (Å²) in [5.74, 6) is 0.192. The number of allylic oxidation sites excluding steroid dienone is 2. The number of Topliss-reactive ketones (excluding diaryl/α,β-unsaturated/α-hetero) is 1. The third-order valence-electron chi connectivity index (χ3n) is 3.80. The molecule has 0 spiro atoms. The van der Waals surface area contributed by atoms with E-state index in [1.165, 1.54) is 9.13 Å². The maximum atomic E-state index is 12.2. The molecule has 1 N–H and O–H groups in total. The molecular formula is C18H15ClINO. The highest BCUT2D eigenvalue weighted by Gasteiger charge is 2.27. The summed E-state index contributed by atoms with van der Waals surface area (Å²) < 4.78 is 1.17. The molecule has 112 valence electrons. The molecule has 2 aromatic rings. The molecule has 0 amide bonds. The number of benzene rings is 2. The fourth-order valence-electron chi connectivity index (χ4n) is 2.66. The van der Waals surface area contributed by atoms with Gasteiger partial charge in [-0.05, 0) is 64.8 Å². The van der Waals surface area contributed by atoms with Crippen LogP contribution in [-0.2, 0) is 4.79 Å². The van der Waals surface area contributed by atoms with Gasteiger partial charge in [-0.15, -0.1) is 0 Å². The van der Waals surface area contributed by atoms with E-state index < -0.39 is 0 Å². The van der Waals surface area contributed by atoms with Gasteiger partial charge in [0.25, 0.3) is 0 Å². The zero-order valence-corrected chi connectivity index (χ0v) is 14.8. The van der Waals surface area contributed by atoms with E-state index in [-0.39, 0.29) is 11.7 Å². The van der Waals surface area contributed by atoms with Crippen LogP contribution in [0.25, 0.3) is 0 Å². The van der Waals surface area contributed by atoms with Crippen molar-refractivity contribution in [2.24, 2.45) is 0 Å². The Balaban J connectivity index is 1.84. The van der Waals surface area contributed by atoms with E-state index in [0.717, 1.165) is 17.8 Å². The number of nitrogens with one attached hydrogen (secondary N) is 1. The summed E-state index contributed by atoms with van der Waals surface area (Å²) in [5.41, 5.74) is 2.95. The Bertz CT molecular complexity index is 710. The number of hydrogen-bond acceptors (Lipinski definition) is 2. The fraction of sp³-hybridized carbons (Fsp3) is 0.167. The van der Waals surface area contributed by atoms with E-state index in [9.17, 15) is 4.79 Å². The Hall–Kier alpha value is -1.33. The van der Waals surface area contributed by atoms with Gasteiger partial charge in [0.05, 0.1) is 0 Å². The largest absolute Gasteiger partial charge is 0.358 e. The van der Waals surface area contributed by atoms with Crippen LogP contribution in [0.1, 0.15) is 24.3 Å². The van der Waals surface area contributed by atoms with Crippen LogP contribution in [0.4, 0.5) is 5.69 Å². The lowest BCUT2D eigenvalue weighted by Crippen LogP contribution is -2.19. The number of ketones is 1. The van der Waals surface area contributed by atoms with E-state index in [0.29, 0.717) is 11.5 Å². The lowest BCUT2D eigenvalue weighted by molar-refractivity contribution is -0.115. The molecule has 0 heterocycles. The maximum absolute atomic E-state index is 12.2. The van der Waals surface area contributed by atoms with Gasteiger partial charge in [-0.3, -0.25) is 4.79 Å². The molecule has 4 heteroatoms. The number of rotatable bonds is 3. The first-order valence-electron chi connectivity index (χ1n) is 7.13. The van der Waals surface area contributed by atoms with Gasteiger partial charge >= 0.3 is 0 Å². The van der Waals surface area contributed by atoms with Gasteiger partial charge in [0.15, 0.2) is 5.78 Å². The van der Waals surface area contributed by atoms with Crippen molar-refractivity contribution in [1.82, 2.24) is 0 Å². The average Bonchev–Trinajstić information content (AvgIpc) is 2.54. The van der Waals surface area contributed by atoms with Gasteiger partial charge in [-0.1, -0.05) is 41.9 Å². The third-order valence-corrected chi connectivity index (χ3v) is 4.96. The van der Waals surface area contributed by atoms with E-state index >= 15 is 0 Å². The first-order valence-corrected chi connectivity index (χ1v) is 8.58. The van der Waals surface area contributed by atoms with E-state index in [1.54, 1.807) is 0 Å². The van der Waals surface area contributed by atoms with Crippen molar-refractivity contribution in [3.05, 3.63) is 74.5 Å². The first-order chi connectivity index (χ1) is 10.6. The van der Waals surface area contributed by atoms with Crippen LogP contribution >= 0.6 is 34.2 Å². The lowest BCUT2D eigenvalue weighted by Gasteiger charge is -2.25. The number of anilines is 1. The van der Waals surface area contributed by atoms with Crippen LogP contribution in [0.15, 0.2) is 65.3 Å². The molecule has 0 fully saturated rings. The maximum Gasteiger partial charge on any atom is 0.176 e. The van der Waals surface area contributed by atoms with Crippen molar-refractivity contribution in [3.8, 4) is 0 Å². The van der Waals surface area contributed by atoms with Crippen LogP contribution in [0.2, 0.25) is 0 Å². The highest BCUT2D eigenvalue weighted by molar-refractivity contribution is 14.1. The Morgan fingerprint density at radius 3 is 2.36 bits per heavy atom. The van der Waals surface area contributed by atoms with Gasteiger partial charge in [-0.2, -0.15) is 0 Å². The molecule has 2 aromatic carbocycles. The van der Waals surface area contributed by atoms with Gasteiger partial charge in [0.2, 0.25) is 0 Å². The second-order valence-corrected chi connectivity index (χ2v) is 6.99. The van der Waals surface area contributed by atoms with Gasteiger partial charge < -0.3 is 5.32 Å². The summed E-state index contributed by atoms with van der Waals surface area (Å²) in [7, 11) is 0. The number of halogens is 2. The van der Waals surface area contributed by atoms with Crippen LogP contribution in [0.5, 0.6) is 0 Å². The quantitative estimate of drug-likeness (QED) is 0.679. The summed E-state index contributed by atoms with van der Waals surface area (Å²) in [5, 5.41) is 3.65. The predicted octanol–water partition coefficient (Wildman–Crippen LogP) is 5.30. The average molecular weight is 424 g/mol. The van der Waals surface area contributed by atoms with Crippen molar-refractivity contribution in [1.29, 1.82) is 0 Å². The van der Waals surface area contributed by atoms with E-state index in [1.807, 2.05) is 42.5 Å². The number of hydrogen-bond donors (Lipinski definition) is 1. The zero-order chi connectivity index (χ0) is 15.5. The van der Waals surface area contributed by atoms with Gasteiger partial charge in [0, 0.05) is 21.4 Å². The Labute approximate surface area is 148 Å². The zero-order valence-electron chi connectivity index (χ0n) is 11.9.